The van der Waals surface area contributed by atoms with Crippen LogP contribution in [0.2, 0.25) is 5.02 Å². The Bertz CT molecular complexity index is 1310. The molecule has 0 aliphatic carbocycles. The van der Waals surface area contributed by atoms with E-state index in [1.165, 1.54) is 18.2 Å². The van der Waals surface area contributed by atoms with E-state index in [9.17, 15) is 44.7 Å². The van der Waals surface area contributed by atoms with Crippen molar-refractivity contribution >= 4 is 50.7 Å². The van der Waals surface area contributed by atoms with Gasteiger partial charge < -0.3 is 10.6 Å². The van der Waals surface area contributed by atoms with Crippen molar-refractivity contribution in [3.05, 3.63) is 92.7 Å². The molecule has 0 heterocycles. The number of alkyl halides is 7. The maximum atomic E-state index is 15.0. The Morgan fingerprint density at radius 1 is 0.784 bits per heavy atom. The third-order valence-corrected chi connectivity index (χ3v) is 5.91. The lowest BCUT2D eigenvalue weighted by atomic mass is 9.94. The van der Waals surface area contributed by atoms with E-state index in [0.717, 1.165) is 12.1 Å². The van der Waals surface area contributed by atoms with Gasteiger partial charge in [-0.3, -0.25) is 9.59 Å². The lowest BCUT2D eigenvalue weighted by Crippen LogP contribution is -2.50. The summed E-state index contributed by atoms with van der Waals surface area (Å²) in [5, 5.41) is 3.42. The first kappa shape index (κ1) is 28.4. The Kier molecular flexibility index (Phi) is 7.89. The maximum absolute atomic E-state index is 15.0. The predicted octanol–water partition coefficient (Wildman–Crippen LogP) is 8.04. The summed E-state index contributed by atoms with van der Waals surface area (Å²) < 4.78 is 107. The molecule has 3 rings (SSSR count). The average molecular weight is 616 g/mol. The van der Waals surface area contributed by atoms with Crippen LogP contribution in [-0.2, 0) is 5.67 Å². The van der Waals surface area contributed by atoms with Gasteiger partial charge in [0.15, 0.2) is 5.82 Å². The van der Waals surface area contributed by atoms with Crippen molar-refractivity contribution in [2.75, 3.05) is 10.6 Å². The van der Waals surface area contributed by atoms with E-state index >= 15 is 0 Å². The monoisotopic (exact) mass is 614 g/mol. The van der Waals surface area contributed by atoms with E-state index in [2.05, 4.69) is 21.2 Å². The first-order chi connectivity index (χ1) is 17.1. The van der Waals surface area contributed by atoms with Crippen molar-refractivity contribution in [3.8, 4) is 0 Å². The second kappa shape index (κ2) is 10.3. The number of carbonyl (C=O) groups excluding carboxylic acids is 2. The summed E-state index contributed by atoms with van der Waals surface area (Å²) in [5.74, 6) is -3.10. The highest BCUT2D eigenvalue weighted by Crippen LogP contribution is 2.54. The molecule has 0 spiro atoms. The van der Waals surface area contributed by atoms with Crippen LogP contribution in [-0.4, -0.2) is 24.2 Å². The highest BCUT2D eigenvalue weighted by molar-refractivity contribution is 9.10. The van der Waals surface area contributed by atoms with E-state index < -0.39 is 62.0 Å². The van der Waals surface area contributed by atoms with Crippen LogP contribution in [0.25, 0.3) is 0 Å². The zero-order chi connectivity index (χ0) is 27.8. The number of carbonyl (C=O) groups is 2. The van der Waals surface area contributed by atoms with Gasteiger partial charge in [-0.2, -0.15) is 26.3 Å². The Labute approximate surface area is 216 Å². The fourth-order valence-electron chi connectivity index (χ4n) is 3.15. The molecule has 3 aromatic rings. The summed E-state index contributed by atoms with van der Waals surface area (Å²) in [6.07, 6.45) is -12.8. The van der Waals surface area contributed by atoms with Crippen molar-refractivity contribution < 1.29 is 44.7 Å². The number of hydrogen-bond donors (Lipinski definition) is 2. The van der Waals surface area contributed by atoms with Crippen LogP contribution in [0.1, 0.15) is 26.3 Å². The minimum absolute atomic E-state index is 0.0514. The summed E-state index contributed by atoms with van der Waals surface area (Å²) >= 11 is 8.45. The van der Waals surface area contributed by atoms with Gasteiger partial charge in [-0.15, -0.1) is 0 Å². The molecule has 196 valence electrons. The molecular formula is C23H12BrClF8N2O2. The Morgan fingerprint density at radius 3 is 1.92 bits per heavy atom. The van der Waals surface area contributed by atoms with Crippen LogP contribution < -0.4 is 10.6 Å². The van der Waals surface area contributed by atoms with Crippen LogP contribution in [0, 0.1) is 5.82 Å². The van der Waals surface area contributed by atoms with Crippen LogP contribution >= 0.6 is 27.5 Å². The van der Waals surface area contributed by atoms with E-state index in [1.54, 1.807) is 18.2 Å². The molecule has 0 unspecified atom stereocenters. The number of benzene rings is 3. The van der Waals surface area contributed by atoms with Crippen molar-refractivity contribution in [3.63, 3.8) is 0 Å². The molecular weight excluding hydrogens is 604 g/mol. The average Bonchev–Trinajstić information content (AvgIpc) is 2.81. The molecule has 2 amide bonds. The van der Waals surface area contributed by atoms with Gasteiger partial charge in [-0.1, -0.05) is 35.9 Å². The fraction of sp³-hybridized carbons (Fsp3) is 0.130. The lowest BCUT2D eigenvalue weighted by Gasteiger charge is -2.30. The van der Waals surface area contributed by atoms with Gasteiger partial charge >= 0.3 is 18.0 Å². The summed E-state index contributed by atoms with van der Waals surface area (Å²) in [4.78, 5) is 25.0. The van der Waals surface area contributed by atoms with Crippen LogP contribution in [0.4, 0.5) is 46.5 Å². The minimum atomic E-state index is -6.38. The van der Waals surface area contributed by atoms with Gasteiger partial charge in [0.2, 0.25) is 0 Å². The zero-order valence-electron chi connectivity index (χ0n) is 17.9. The lowest BCUT2D eigenvalue weighted by molar-refractivity contribution is -0.348. The molecule has 0 bridgehead atoms. The molecule has 4 nitrogen and oxygen atoms in total. The molecule has 0 atom stereocenters. The molecule has 0 aliphatic heterocycles. The predicted molar refractivity (Wildman–Crippen MR) is 123 cm³/mol. The number of halogens is 10. The highest BCUT2D eigenvalue weighted by Gasteiger charge is 2.73. The topological polar surface area (TPSA) is 58.2 Å². The van der Waals surface area contributed by atoms with E-state index in [0.29, 0.717) is 0 Å². The van der Waals surface area contributed by atoms with Gasteiger partial charge in [0, 0.05) is 15.6 Å². The summed E-state index contributed by atoms with van der Waals surface area (Å²) in [6, 6.07) is 11.3. The number of anilines is 2. The Hall–Kier alpha value is -3.19. The normalized spacial score (nSPS) is 12.3. The standard InChI is InChI=1S/C23H12BrClF8N2O2/c24-14-9-12(21(27,22(28,29)30)23(31,32)33)10-15(25)18(14)35-20(37)13-7-4-8-16(17(13)26)34-19(36)11-5-2-1-3-6-11/h1-10H,(H,34,36)(H,35,37). The summed E-state index contributed by atoms with van der Waals surface area (Å²) in [7, 11) is 0. The quantitative estimate of drug-likeness (QED) is 0.286. The summed E-state index contributed by atoms with van der Waals surface area (Å²) in [6.45, 7) is 0. The van der Waals surface area contributed by atoms with Crippen molar-refractivity contribution in [2.24, 2.45) is 0 Å². The molecule has 0 radical (unpaired) electrons. The Balaban J connectivity index is 1.92. The number of nitrogens with one attached hydrogen (secondary N) is 2. The molecule has 14 heteroatoms. The molecule has 0 aromatic heterocycles. The van der Waals surface area contributed by atoms with Crippen molar-refractivity contribution in [1.82, 2.24) is 0 Å². The van der Waals surface area contributed by atoms with Crippen LogP contribution in [0.3, 0.4) is 0 Å². The zero-order valence-corrected chi connectivity index (χ0v) is 20.2. The third-order valence-electron chi connectivity index (χ3n) is 4.99. The first-order valence-corrected chi connectivity index (χ1v) is 11.0. The minimum Gasteiger partial charge on any atom is -0.320 e. The van der Waals surface area contributed by atoms with E-state index in [4.69, 9.17) is 11.6 Å². The molecule has 0 saturated carbocycles. The number of hydrogen-bond acceptors (Lipinski definition) is 2. The van der Waals surface area contributed by atoms with Crippen molar-refractivity contribution in [1.29, 1.82) is 0 Å². The van der Waals surface area contributed by atoms with Gasteiger partial charge in [-0.25, -0.2) is 8.78 Å². The molecule has 2 N–H and O–H groups in total. The molecule has 0 aliphatic rings. The number of rotatable bonds is 5. The van der Waals surface area contributed by atoms with Gasteiger partial charge in [0.05, 0.1) is 22.0 Å². The van der Waals surface area contributed by atoms with Crippen LogP contribution in [0.15, 0.2) is 65.1 Å². The maximum Gasteiger partial charge on any atom is 0.435 e. The second-order valence-corrected chi connectivity index (χ2v) is 8.67. The molecule has 0 fully saturated rings. The van der Waals surface area contributed by atoms with Gasteiger partial charge in [0.1, 0.15) is 0 Å². The first-order valence-electron chi connectivity index (χ1n) is 9.86. The smallest absolute Gasteiger partial charge is 0.320 e. The largest absolute Gasteiger partial charge is 0.435 e. The number of amides is 2. The molecule has 0 saturated heterocycles. The highest BCUT2D eigenvalue weighted by atomic mass is 79.9. The Morgan fingerprint density at radius 2 is 1.38 bits per heavy atom. The molecule has 3 aromatic carbocycles. The SMILES string of the molecule is O=C(Nc1cccc(C(=O)Nc2c(Cl)cc(C(F)(C(F)(F)F)C(F)(F)F)cc2Br)c1F)c1ccccc1. The summed E-state index contributed by atoms with van der Waals surface area (Å²) in [5.41, 5.74) is -9.05. The van der Waals surface area contributed by atoms with E-state index in [1.807, 2.05) is 5.32 Å². The second-order valence-electron chi connectivity index (χ2n) is 7.41. The van der Waals surface area contributed by atoms with E-state index in [-0.39, 0.29) is 23.4 Å². The fourth-order valence-corrected chi connectivity index (χ4v) is 4.09. The van der Waals surface area contributed by atoms with Gasteiger partial charge in [-0.05, 0) is 52.3 Å². The third kappa shape index (κ3) is 5.57. The van der Waals surface area contributed by atoms with Crippen LogP contribution in [0.5, 0.6) is 0 Å². The molecule has 37 heavy (non-hydrogen) atoms. The van der Waals surface area contributed by atoms with Gasteiger partial charge in [0.25, 0.3) is 11.8 Å². The van der Waals surface area contributed by atoms with Crippen molar-refractivity contribution in [2.45, 2.75) is 18.0 Å².